The van der Waals surface area contributed by atoms with Gasteiger partial charge in [-0.05, 0) is 41.3 Å². The Hall–Kier alpha value is -5.62. The summed E-state index contributed by atoms with van der Waals surface area (Å²) in [7, 11) is 1.62. The van der Waals surface area contributed by atoms with Crippen LogP contribution < -0.4 is 16.0 Å². The van der Waals surface area contributed by atoms with Crippen molar-refractivity contribution in [3.8, 4) is 17.0 Å². The average molecular weight is 672 g/mol. The molecule has 4 aromatic carbocycles. The summed E-state index contributed by atoms with van der Waals surface area (Å²) in [5.41, 5.74) is 2.95. The third-order valence-electron chi connectivity index (χ3n) is 9.08. The number of H-pyrrole nitrogens is 1. The third kappa shape index (κ3) is 6.53. The van der Waals surface area contributed by atoms with E-state index >= 15 is 0 Å². The maximum Gasteiger partial charge on any atom is 0.330 e. The number of benzene rings is 4. The van der Waals surface area contributed by atoms with Gasteiger partial charge in [0.2, 0.25) is 0 Å². The zero-order chi connectivity index (χ0) is 34.7. The van der Waals surface area contributed by atoms with E-state index in [9.17, 15) is 14.7 Å². The van der Waals surface area contributed by atoms with Gasteiger partial charge >= 0.3 is 5.69 Å². The van der Waals surface area contributed by atoms with E-state index in [0.717, 1.165) is 27.8 Å². The molecule has 0 saturated carbocycles. The normalized spacial score (nSPS) is 17.5. The minimum absolute atomic E-state index is 0.00815. The van der Waals surface area contributed by atoms with Crippen molar-refractivity contribution >= 4 is 0 Å². The zero-order valence-corrected chi connectivity index (χ0v) is 27.7. The standard InChI is InChI=1S/C39H37N5O6/c1-26-13-15-27(16-14-26)22-43-24-33(41-42-43)32-23-44(38(47)40-37(32)46)36-21-34(45)35(50-36)25-49-39(28-9-5-3-6-10-28,29-11-7-4-8-12-29)30-17-19-31(48-2)20-18-30/h3-20,23-24,34-36,45H,21-22,25H2,1-2H3,(H,40,46,47)/t34?,35-,36-/m0/s1. The SMILES string of the molecule is COc1ccc(C(OC[C@@H]2O[C@H](n3cc(-c4cn(Cc5ccc(C)cc5)nn4)c(=O)[nH]c3=O)CC2O)(c2ccccc2)c2ccccc2)cc1. The van der Waals surface area contributed by atoms with E-state index in [1.54, 1.807) is 18.0 Å². The molecule has 0 aliphatic carbocycles. The Balaban J connectivity index is 1.16. The van der Waals surface area contributed by atoms with E-state index in [-0.39, 0.29) is 18.6 Å². The number of nitrogens with zero attached hydrogens (tertiary/aromatic N) is 4. The molecule has 6 aromatic rings. The number of aliphatic hydroxyl groups excluding tert-OH is 1. The molecule has 2 N–H and O–H groups in total. The van der Waals surface area contributed by atoms with Crippen LogP contribution >= 0.6 is 0 Å². The van der Waals surface area contributed by atoms with Gasteiger partial charge in [-0.3, -0.25) is 14.3 Å². The molecule has 2 aromatic heterocycles. The summed E-state index contributed by atoms with van der Waals surface area (Å²) in [5.74, 6) is 0.709. The molecular formula is C39H37N5O6. The van der Waals surface area contributed by atoms with E-state index in [2.05, 4.69) is 15.3 Å². The fraction of sp³-hybridized carbons (Fsp3) is 0.231. The van der Waals surface area contributed by atoms with E-state index in [1.807, 2.05) is 116 Å². The lowest BCUT2D eigenvalue weighted by atomic mass is 9.80. The first kappa shape index (κ1) is 32.9. The van der Waals surface area contributed by atoms with Gasteiger partial charge in [-0.15, -0.1) is 5.10 Å². The van der Waals surface area contributed by atoms with E-state index in [0.29, 0.717) is 18.0 Å². The monoisotopic (exact) mass is 671 g/mol. The second-order valence-corrected chi connectivity index (χ2v) is 12.4. The average Bonchev–Trinajstić information content (AvgIpc) is 3.76. The number of hydrogen-bond donors (Lipinski definition) is 2. The molecule has 1 aliphatic rings. The van der Waals surface area contributed by atoms with Crippen molar-refractivity contribution in [2.24, 2.45) is 0 Å². The van der Waals surface area contributed by atoms with Crippen molar-refractivity contribution in [2.75, 3.05) is 13.7 Å². The molecule has 50 heavy (non-hydrogen) atoms. The molecule has 1 aliphatic heterocycles. The predicted molar refractivity (Wildman–Crippen MR) is 187 cm³/mol. The fourth-order valence-electron chi connectivity index (χ4n) is 6.43. The number of aliphatic hydroxyl groups is 1. The molecule has 1 fully saturated rings. The lowest BCUT2D eigenvalue weighted by Gasteiger charge is -2.37. The van der Waals surface area contributed by atoms with Crippen LogP contribution in [-0.2, 0) is 21.6 Å². The molecule has 7 rings (SSSR count). The highest BCUT2D eigenvalue weighted by molar-refractivity contribution is 5.55. The second-order valence-electron chi connectivity index (χ2n) is 12.4. The molecule has 254 valence electrons. The van der Waals surface area contributed by atoms with Gasteiger partial charge in [-0.2, -0.15) is 0 Å². The minimum atomic E-state index is -1.07. The van der Waals surface area contributed by atoms with Gasteiger partial charge in [-0.25, -0.2) is 9.48 Å². The van der Waals surface area contributed by atoms with Crippen molar-refractivity contribution in [2.45, 2.75) is 43.9 Å². The number of ether oxygens (including phenoxy) is 3. The number of aromatic nitrogens is 5. The summed E-state index contributed by atoms with van der Waals surface area (Å²) in [4.78, 5) is 28.4. The molecule has 0 amide bonds. The fourth-order valence-corrected chi connectivity index (χ4v) is 6.43. The quantitative estimate of drug-likeness (QED) is 0.188. The smallest absolute Gasteiger partial charge is 0.330 e. The Bertz CT molecular complexity index is 2120. The third-order valence-corrected chi connectivity index (χ3v) is 9.08. The van der Waals surface area contributed by atoms with Crippen molar-refractivity contribution in [3.63, 3.8) is 0 Å². The molecule has 3 heterocycles. The van der Waals surface area contributed by atoms with Crippen molar-refractivity contribution in [1.82, 2.24) is 24.5 Å². The number of aryl methyl sites for hydroxylation is 1. The first-order valence-electron chi connectivity index (χ1n) is 16.4. The summed E-state index contributed by atoms with van der Waals surface area (Å²) >= 11 is 0. The van der Waals surface area contributed by atoms with E-state index in [1.165, 1.54) is 10.8 Å². The highest BCUT2D eigenvalue weighted by Crippen LogP contribution is 2.42. The van der Waals surface area contributed by atoms with Crippen LogP contribution in [0, 0.1) is 6.92 Å². The maximum atomic E-state index is 13.1. The molecule has 0 spiro atoms. The minimum Gasteiger partial charge on any atom is -0.497 e. The topological polar surface area (TPSA) is 133 Å². The van der Waals surface area contributed by atoms with E-state index in [4.69, 9.17) is 14.2 Å². The number of aromatic amines is 1. The van der Waals surface area contributed by atoms with Gasteiger partial charge in [0.05, 0.1) is 38.1 Å². The Morgan fingerprint density at radius 2 is 1.52 bits per heavy atom. The van der Waals surface area contributed by atoms with Gasteiger partial charge in [-0.1, -0.05) is 108 Å². The first-order valence-corrected chi connectivity index (χ1v) is 16.4. The highest BCUT2D eigenvalue weighted by Gasteiger charge is 2.42. The lowest BCUT2D eigenvalue weighted by molar-refractivity contribution is -0.0944. The molecule has 11 nitrogen and oxygen atoms in total. The first-order chi connectivity index (χ1) is 24.3. The number of methoxy groups -OCH3 is 1. The summed E-state index contributed by atoms with van der Waals surface area (Å²) in [6.07, 6.45) is 0.559. The van der Waals surface area contributed by atoms with Crippen LogP contribution in [0.15, 0.2) is 131 Å². The molecule has 0 radical (unpaired) electrons. The van der Waals surface area contributed by atoms with Gasteiger partial charge in [0.25, 0.3) is 5.56 Å². The Morgan fingerprint density at radius 3 is 2.16 bits per heavy atom. The molecule has 11 heteroatoms. The van der Waals surface area contributed by atoms with Crippen LogP contribution in [0.1, 0.15) is 40.5 Å². The summed E-state index contributed by atoms with van der Waals surface area (Å²) < 4.78 is 21.6. The van der Waals surface area contributed by atoms with Crippen LogP contribution in [0.5, 0.6) is 5.75 Å². The van der Waals surface area contributed by atoms with Gasteiger partial charge in [0.1, 0.15) is 29.4 Å². The molecule has 0 bridgehead atoms. The molecule has 1 saturated heterocycles. The number of rotatable bonds is 11. The van der Waals surface area contributed by atoms with Crippen molar-refractivity contribution in [1.29, 1.82) is 0 Å². The van der Waals surface area contributed by atoms with Gasteiger partial charge in [0.15, 0.2) is 0 Å². The molecule has 3 atom stereocenters. The highest BCUT2D eigenvalue weighted by atomic mass is 16.6. The van der Waals surface area contributed by atoms with Gasteiger partial charge < -0.3 is 19.3 Å². The van der Waals surface area contributed by atoms with Crippen molar-refractivity contribution < 1.29 is 19.3 Å². The Labute approximate surface area is 288 Å². The summed E-state index contributed by atoms with van der Waals surface area (Å²) in [6.45, 7) is 2.48. The lowest BCUT2D eigenvalue weighted by Crippen LogP contribution is -2.38. The maximum absolute atomic E-state index is 13.1. The summed E-state index contributed by atoms with van der Waals surface area (Å²) in [6, 6.07) is 35.5. The van der Waals surface area contributed by atoms with Crippen LogP contribution in [0.4, 0.5) is 0 Å². The summed E-state index contributed by atoms with van der Waals surface area (Å²) in [5, 5.41) is 19.6. The number of hydrogen-bond acceptors (Lipinski definition) is 8. The van der Waals surface area contributed by atoms with Crippen LogP contribution in [-0.4, -0.2) is 55.6 Å². The van der Waals surface area contributed by atoms with Crippen molar-refractivity contribution in [3.05, 3.63) is 170 Å². The number of nitrogens with one attached hydrogen (secondary N) is 1. The Kier molecular flexibility index (Phi) is 9.27. The predicted octanol–water partition coefficient (Wildman–Crippen LogP) is 4.82. The largest absolute Gasteiger partial charge is 0.497 e. The van der Waals surface area contributed by atoms with Gasteiger partial charge in [0, 0.05) is 12.6 Å². The van der Waals surface area contributed by atoms with Crippen LogP contribution in [0.3, 0.4) is 0 Å². The van der Waals surface area contributed by atoms with Crippen LogP contribution in [0.2, 0.25) is 0 Å². The second kappa shape index (κ2) is 14.1. The Morgan fingerprint density at radius 1 is 0.880 bits per heavy atom. The molecular weight excluding hydrogens is 634 g/mol. The van der Waals surface area contributed by atoms with Crippen LogP contribution in [0.25, 0.3) is 11.3 Å². The zero-order valence-electron chi connectivity index (χ0n) is 27.7. The van der Waals surface area contributed by atoms with E-state index < -0.39 is 35.3 Å². The molecule has 1 unspecified atom stereocenters.